The summed E-state index contributed by atoms with van der Waals surface area (Å²) < 4.78 is 69.1. The van der Waals surface area contributed by atoms with Crippen molar-refractivity contribution in [1.29, 1.82) is 0 Å². The largest absolute Gasteiger partial charge is 0.573 e. The summed E-state index contributed by atoms with van der Waals surface area (Å²) in [6.45, 7) is 0.545. The number of halogens is 5. The number of hydrogen-bond acceptors (Lipinski definition) is 6. The van der Waals surface area contributed by atoms with Crippen LogP contribution in [0.4, 0.5) is 27.8 Å². The number of nitrogens with two attached hydrogens (primary N) is 1. The van der Waals surface area contributed by atoms with Gasteiger partial charge in [0.25, 0.3) is 0 Å². The number of carbonyl (C=O) groups excluding carboxylic acids is 1. The standard InChI is InChI=1S/C19H20F5N5O2/c20-12-7-11(1-2-16(12)31-19(22,23)24)15-8-17(27-10-26-15)29-6-4-14(13(21)9-29)28-18(30)3-5-25/h1-2,7-8,10,13-14H,3-6,9,25H2,(H,28,30)/t13-,14-/m0/s1. The number of anilines is 1. The van der Waals surface area contributed by atoms with Crippen molar-refractivity contribution in [2.45, 2.75) is 31.4 Å². The van der Waals surface area contributed by atoms with Gasteiger partial charge in [-0.3, -0.25) is 4.79 Å². The Balaban J connectivity index is 1.71. The van der Waals surface area contributed by atoms with Gasteiger partial charge in [-0.2, -0.15) is 0 Å². The molecule has 2 aromatic rings. The number of hydrogen-bond donors (Lipinski definition) is 2. The molecule has 0 spiro atoms. The van der Waals surface area contributed by atoms with E-state index >= 15 is 0 Å². The van der Waals surface area contributed by atoms with Crippen LogP contribution in [0.1, 0.15) is 12.8 Å². The van der Waals surface area contributed by atoms with E-state index in [4.69, 9.17) is 5.73 Å². The van der Waals surface area contributed by atoms with Crippen LogP contribution >= 0.6 is 0 Å². The molecule has 1 aliphatic rings. The van der Waals surface area contributed by atoms with Crippen LogP contribution in [0.15, 0.2) is 30.6 Å². The van der Waals surface area contributed by atoms with Gasteiger partial charge in [0.15, 0.2) is 11.6 Å². The third kappa shape index (κ3) is 6.00. The summed E-state index contributed by atoms with van der Waals surface area (Å²) in [6, 6.07) is 3.80. The number of alkyl halides is 4. The number of carbonyl (C=O) groups is 1. The van der Waals surface area contributed by atoms with Crippen LogP contribution in [0.3, 0.4) is 0 Å². The number of amides is 1. The average molecular weight is 445 g/mol. The molecule has 0 saturated carbocycles. The second kappa shape index (κ2) is 9.41. The highest BCUT2D eigenvalue weighted by Gasteiger charge is 2.33. The van der Waals surface area contributed by atoms with Crippen LogP contribution in [0, 0.1) is 5.82 Å². The van der Waals surface area contributed by atoms with Crippen LogP contribution in [-0.2, 0) is 4.79 Å². The molecule has 1 aromatic heterocycles. The number of piperidine rings is 1. The molecule has 0 bridgehead atoms. The molecular formula is C19H20F5N5O2. The molecule has 1 fully saturated rings. The van der Waals surface area contributed by atoms with Gasteiger partial charge in [0.2, 0.25) is 5.91 Å². The van der Waals surface area contributed by atoms with E-state index in [0.29, 0.717) is 18.8 Å². The highest BCUT2D eigenvalue weighted by Crippen LogP contribution is 2.30. The predicted octanol–water partition coefficient (Wildman–Crippen LogP) is 2.56. The maximum Gasteiger partial charge on any atom is 0.573 e. The van der Waals surface area contributed by atoms with E-state index in [1.165, 1.54) is 18.5 Å². The van der Waals surface area contributed by atoms with Crippen molar-refractivity contribution in [3.63, 3.8) is 0 Å². The molecule has 1 aliphatic heterocycles. The molecule has 0 unspecified atom stereocenters. The van der Waals surface area contributed by atoms with E-state index in [-0.39, 0.29) is 36.7 Å². The molecule has 7 nitrogen and oxygen atoms in total. The molecular weight excluding hydrogens is 425 g/mol. The Morgan fingerprint density at radius 2 is 2.06 bits per heavy atom. The Kier molecular flexibility index (Phi) is 6.88. The molecule has 1 amide bonds. The molecule has 2 heterocycles. The van der Waals surface area contributed by atoms with Gasteiger partial charge in [0.05, 0.1) is 18.3 Å². The summed E-state index contributed by atoms with van der Waals surface area (Å²) >= 11 is 0. The zero-order chi connectivity index (χ0) is 22.6. The van der Waals surface area contributed by atoms with E-state index in [2.05, 4.69) is 20.0 Å². The first-order valence-electron chi connectivity index (χ1n) is 9.42. The number of nitrogens with zero attached hydrogens (tertiary/aromatic N) is 3. The van der Waals surface area contributed by atoms with Gasteiger partial charge in [-0.15, -0.1) is 13.2 Å². The van der Waals surface area contributed by atoms with Gasteiger partial charge in [-0.1, -0.05) is 0 Å². The molecule has 3 rings (SSSR count). The number of ether oxygens (including phenoxy) is 1. The van der Waals surface area contributed by atoms with E-state index in [0.717, 1.165) is 12.1 Å². The van der Waals surface area contributed by atoms with Gasteiger partial charge in [-0.05, 0) is 24.6 Å². The van der Waals surface area contributed by atoms with Gasteiger partial charge in [-0.25, -0.2) is 18.7 Å². The molecule has 12 heteroatoms. The molecule has 0 aliphatic carbocycles. The van der Waals surface area contributed by atoms with Crippen LogP contribution in [-0.4, -0.2) is 54.1 Å². The summed E-state index contributed by atoms with van der Waals surface area (Å²) in [7, 11) is 0. The number of nitrogens with one attached hydrogen (secondary N) is 1. The van der Waals surface area contributed by atoms with Crippen molar-refractivity contribution >= 4 is 11.7 Å². The normalized spacial score (nSPS) is 19.2. The lowest BCUT2D eigenvalue weighted by atomic mass is 10.0. The Hall–Kier alpha value is -3.02. The highest BCUT2D eigenvalue weighted by molar-refractivity contribution is 5.76. The lowest BCUT2D eigenvalue weighted by molar-refractivity contribution is -0.275. The van der Waals surface area contributed by atoms with Gasteiger partial charge in [0.1, 0.15) is 18.3 Å². The highest BCUT2D eigenvalue weighted by atomic mass is 19.4. The van der Waals surface area contributed by atoms with E-state index < -0.39 is 30.1 Å². The SMILES string of the molecule is NCCC(=O)N[C@H]1CCN(c2cc(-c3ccc(OC(F)(F)F)c(F)c3)ncn2)C[C@@H]1F. The van der Waals surface area contributed by atoms with Gasteiger partial charge in [0, 0.05) is 31.1 Å². The lowest BCUT2D eigenvalue weighted by Crippen LogP contribution is -2.52. The Morgan fingerprint density at radius 1 is 1.29 bits per heavy atom. The van der Waals surface area contributed by atoms with E-state index in [9.17, 15) is 26.7 Å². The van der Waals surface area contributed by atoms with Crippen molar-refractivity contribution in [1.82, 2.24) is 15.3 Å². The average Bonchev–Trinajstić information content (AvgIpc) is 2.70. The quantitative estimate of drug-likeness (QED) is 0.664. The van der Waals surface area contributed by atoms with E-state index in [1.54, 1.807) is 4.90 Å². The van der Waals surface area contributed by atoms with E-state index in [1.807, 2.05) is 0 Å². The van der Waals surface area contributed by atoms with Crippen LogP contribution < -0.4 is 20.7 Å². The lowest BCUT2D eigenvalue weighted by Gasteiger charge is -2.35. The smallest absolute Gasteiger partial charge is 0.403 e. The number of benzene rings is 1. The first-order chi connectivity index (χ1) is 14.7. The first kappa shape index (κ1) is 22.7. The van der Waals surface area contributed by atoms with Crippen molar-refractivity contribution in [3.05, 3.63) is 36.4 Å². The minimum atomic E-state index is -5.01. The van der Waals surface area contributed by atoms with Crippen LogP contribution in [0.5, 0.6) is 5.75 Å². The Bertz CT molecular complexity index is 927. The molecule has 3 N–H and O–H groups in total. The topological polar surface area (TPSA) is 93.4 Å². The summed E-state index contributed by atoms with van der Waals surface area (Å²) in [5, 5.41) is 2.62. The molecule has 0 radical (unpaired) electrons. The fourth-order valence-electron chi connectivity index (χ4n) is 3.23. The summed E-state index contributed by atoms with van der Waals surface area (Å²) in [5.74, 6) is -2.10. The first-order valence-corrected chi connectivity index (χ1v) is 9.42. The third-order valence-corrected chi connectivity index (χ3v) is 4.69. The molecule has 1 aromatic carbocycles. The molecule has 2 atom stereocenters. The monoisotopic (exact) mass is 445 g/mol. The summed E-state index contributed by atoms with van der Waals surface area (Å²) in [4.78, 5) is 21.4. The van der Waals surface area contributed by atoms with Crippen molar-refractivity contribution < 1.29 is 31.5 Å². The van der Waals surface area contributed by atoms with Crippen LogP contribution in [0.2, 0.25) is 0 Å². The number of rotatable bonds is 6. The fourth-order valence-corrected chi connectivity index (χ4v) is 3.23. The number of aromatic nitrogens is 2. The second-order valence-corrected chi connectivity index (χ2v) is 6.92. The fraction of sp³-hybridized carbons (Fsp3) is 0.421. The predicted molar refractivity (Wildman–Crippen MR) is 101 cm³/mol. The second-order valence-electron chi connectivity index (χ2n) is 6.92. The zero-order valence-electron chi connectivity index (χ0n) is 16.2. The summed E-state index contributed by atoms with van der Waals surface area (Å²) in [6.07, 6.45) is -4.69. The zero-order valence-corrected chi connectivity index (χ0v) is 16.2. The molecule has 31 heavy (non-hydrogen) atoms. The van der Waals surface area contributed by atoms with Crippen LogP contribution in [0.25, 0.3) is 11.3 Å². The van der Waals surface area contributed by atoms with Crippen molar-refractivity contribution in [2.75, 3.05) is 24.5 Å². The minimum absolute atomic E-state index is 0.0310. The minimum Gasteiger partial charge on any atom is -0.403 e. The maximum absolute atomic E-state index is 14.6. The molecule has 1 saturated heterocycles. The summed E-state index contributed by atoms with van der Waals surface area (Å²) in [5.41, 5.74) is 5.77. The maximum atomic E-state index is 14.6. The molecule has 168 valence electrons. The Labute approximate surface area is 174 Å². The van der Waals surface area contributed by atoms with Crippen molar-refractivity contribution in [2.24, 2.45) is 5.73 Å². The van der Waals surface area contributed by atoms with Gasteiger partial charge < -0.3 is 20.7 Å². The third-order valence-electron chi connectivity index (χ3n) is 4.69. The van der Waals surface area contributed by atoms with Crippen molar-refractivity contribution in [3.8, 4) is 17.0 Å². The Morgan fingerprint density at radius 3 is 2.71 bits per heavy atom. The van der Waals surface area contributed by atoms with Gasteiger partial charge >= 0.3 is 6.36 Å².